The van der Waals surface area contributed by atoms with Crippen molar-refractivity contribution in [2.45, 2.75) is 12.2 Å². The van der Waals surface area contributed by atoms with Crippen LogP contribution in [0.1, 0.15) is 11.7 Å². The van der Waals surface area contributed by atoms with Gasteiger partial charge >= 0.3 is 11.7 Å². The maximum atomic E-state index is 13.2. The molecular formula is C10H10FNO7. The molecule has 0 saturated carbocycles. The molecule has 0 aromatic heterocycles. The summed E-state index contributed by atoms with van der Waals surface area (Å²) in [6.07, 6.45) is -3.96. The average molecular weight is 275 g/mol. The number of benzene rings is 1. The Bertz CT molecular complexity index is 519. The fourth-order valence-electron chi connectivity index (χ4n) is 1.35. The third-order valence-electron chi connectivity index (χ3n) is 2.35. The number of carbonyl (C=O) groups is 1. The second kappa shape index (κ2) is 5.59. The van der Waals surface area contributed by atoms with Gasteiger partial charge in [0.2, 0.25) is 5.75 Å². The van der Waals surface area contributed by atoms with Gasteiger partial charge in [0.1, 0.15) is 6.10 Å². The Balaban J connectivity index is 3.21. The minimum Gasteiger partial charge on any atom is -0.500 e. The Kier molecular flexibility index (Phi) is 4.35. The molecule has 0 fully saturated rings. The van der Waals surface area contributed by atoms with Crippen LogP contribution in [0.4, 0.5) is 10.1 Å². The summed E-state index contributed by atoms with van der Waals surface area (Å²) in [6.45, 7) is 0. The molecule has 2 unspecified atom stereocenters. The number of carbonyl (C=O) groups excluding carboxylic acids is 1. The van der Waals surface area contributed by atoms with Crippen LogP contribution in [-0.2, 0) is 9.53 Å². The topological polar surface area (TPSA) is 130 Å². The zero-order chi connectivity index (χ0) is 14.7. The molecule has 0 bridgehead atoms. The summed E-state index contributed by atoms with van der Waals surface area (Å²) in [7, 11) is 0.956. The summed E-state index contributed by atoms with van der Waals surface area (Å²) < 4.78 is 17.4. The molecule has 0 aliphatic carbocycles. The van der Waals surface area contributed by atoms with Gasteiger partial charge in [-0.15, -0.1) is 0 Å². The number of phenols is 1. The van der Waals surface area contributed by atoms with Gasteiger partial charge < -0.3 is 20.1 Å². The van der Waals surface area contributed by atoms with E-state index in [0.29, 0.717) is 12.1 Å². The number of ether oxygens (including phenoxy) is 1. The molecule has 19 heavy (non-hydrogen) atoms. The van der Waals surface area contributed by atoms with Crippen LogP contribution in [0, 0.1) is 15.9 Å². The predicted octanol–water partition coefficient (Wildman–Crippen LogP) is 0.00680. The van der Waals surface area contributed by atoms with Gasteiger partial charge in [0.05, 0.1) is 12.0 Å². The zero-order valence-electron chi connectivity index (χ0n) is 9.61. The van der Waals surface area contributed by atoms with Gasteiger partial charge in [0.15, 0.2) is 11.9 Å². The van der Waals surface area contributed by atoms with Crippen LogP contribution in [0.2, 0.25) is 0 Å². The summed E-state index contributed by atoms with van der Waals surface area (Å²) in [5.74, 6) is -3.75. The summed E-state index contributed by atoms with van der Waals surface area (Å²) in [6, 6.07) is 1.22. The van der Waals surface area contributed by atoms with Crippen molar-refractivity contribution in [1.29, 1.82) is 0 Å². The van der Waals surface area contributed by atoms with E-state index in [1.165, 1.54) is 0 Å². The number of hydrogen-bond donors (Lipinski definition) is 3. The third kappa shape index (κ3) is 2.95. The standard InChI is InChI=1S/C10H10FNO7/c1-19-10(16)9(15)7(13)4-2-5(11)8(14)6(3-4)12(17)18/h2-3,7,9,13-15H,1H3. The Morgan fingerprint density at radius 3 is 2.53 bits per heavy atom. The molecule has 0 heterocycles. The fraction of sp³-hybridized carbons (Fsp3) is 0.300. The molecule has 9 heteroatoms. The minimum atomic E-state index is -2.03. The first-order valence-corrected chi connectivity index (χ1v) is 4.90. The van der Waals surface area contributed by atoms with Gasteiger partial charge in [-0.05, 0) is 11.6 Å². The highest BCUT2D eigenvalue weighted by atomic mass is 19.1. The molecule has 0 radical (unpaired) electrons. The number of aromatic hydroxyl groups is 1. The van der Waals surface area contributed by atoms with Crippen molar-refractivity contribution in [2.24, 2.45) is 0 Å². The Hall–Kier alpha value is -2.26. The van der Waals surface area contributed by atoms with Gasteiger partial charge in [-0.3, -0.25) is 10.1 Å². The van der Waals surface area contributed by atoms with Crippen molar-refractivity contribution >= 4 is 11.7 Å². The fourth-order valence-corrected chi connectivity index (χ4v) is 1.35. The second-order valence-electron chi connectivity index (χ2n) is 3.54. The normalized spacial score (nSPS) is 13.7. The molecule has 104 valence electrons. The van der Waals surface area contributed by atoms with Crippen LogP contribution in [0.3, 0.4) is 0 Å². The van der Waals surface area contributed by atoms with Gasteiger partial charge in [-0.1, -0.05) is 0 Å². The van der Waals surface area contributed by atoms with Crippen LogP contribution < -0.4 is 0 Å². The number of phenolic OH excluding ortho intramolecular Hbond substituents is 1. The molecule has 1 aromatic rings. The first kappa shape index (κ1) is 14.8. The number of aliphatic hydroxyl groups excluding tert-OH is 2. The third-order valence-corrected chi connectivity index (χ3v) is 2.35. The molecule has 1 aromatic carbocycles. The molecule has 3 N–H and O–H groups in total. The highest BCUT2D eigenvalue weighted by Crippen LogP contribution is 2.33. The lowest BCUT2D eigenvalue weighted by Gasteiger charge is -2.16. The number of aliphatic hydroxyl groups is 2. The molecule has 0 aliphatic heterocycles. The summed E-state index contributed by atoms with van der Waals surface area (Å²) in [5, 5.41) is 38.6. The first-order valence-electron chi connectivity index (χ1n) is 4.90. The Morgan fingerprint density at radius 1 is 1.47 bits per heavy atom. The van der Waals surface area contributed by atoms with Gasteiger partial charge in [0, 0.05) is 6.07 Å². The van der Waals surface area contributed by atoms with Crippen molar-refractivity contribution in [1.82, 2.24) is 0 Å². The molecular weight excluding hydrogens is 265 g/mol. The first-order chi connectivity index (χ1) is 8.79. The van der Waals surface area contributed by atoms with E-state index in [2.05, 4.69) is 4.74 Å². The van der Waals surface area contributed by atoms with E-state index >= 15 is 0 Å². The van der Waals surface area contributed by atoms with E-state index in [0.717, 1.165) is 7.11 Å². The van der Waals surface area contributed by atoms with Gasteiger partial charge in [0.25, 0.3) is 0 Å². The van der Waals surface area contributed by atoms with E-state index in [9.17, 15) is 29.5 Å². The van der Waals surface area contributed by atoms with E-state index in [-0.39, 0.29) is 0 Å². The van der Waals surface area contributed by atoms with Crippen LogP contribution in [-0.4, -0.2) is 39.4 Å². The average Bonchev–Trinajstić information content (AvgIpc) is 2.38. The number of esters is 1. The quantitative estimate of drug-likeness (QED) is 0.400. The number of nitro groups is 1. The van der Waals surface area contributed by atoms with Crippen LogP contribution >= 0.6 is 0 Å². The minimum absolute atomic E-state index is 0.445. The zero-order valence-corrected chi connectivity index (χ0v) is 9.61. The van der Waals surface area contributed by atoms with Crippen molar-refractivity contribution in [2.75, 3.05) is 7.11 Å². The molecule has 0 spiro atoms. The van der Waals surface area contributed by atoms with Crippen molar-refractivity contribution in [3.63, 3.8) is 0 Å². The monoisotopic (exact) mass is 275 g/mol. The second-order valence-corrected chi connectivity index (χ2v) is 3.54. The number of methoxy groups -OCH3 is 1. The lowest BCUT2D eigenvalue weighted by molar-refractivity contribution is -0.386. The van der Waals surface area contributed by atoms with Crippen molar-refractivity contribution < 1.29 is 34.2 Å². The van der Waals surface area contributed by atoms with Crippen LogP contribution in [0.15, 0.2) is 12.1 Å². The SMILES string of the molecule is COC(=O)C(O)C(O)c1cc(F)c(O)c([N+](=O)[O-])c1. The van der Waals surface area contributed by atoms with Crippen molar-refractivity contribution in [3.05, 3.63) is 33.6 Å². The Labute approximate surface area is 105 Å². The lowest BCUT2D eigenvalue weighted by Crippen LogP contribution is -2.29. The number of halogens is 1. The summed E-state index contributed by atoms with van der Waals surface area (Å²) in [5.41, 5.74) is -1.44. The van der Waals surface area contributed by atoms with Gasteiger partial charge in [-0.2, -0.15) is 0 Å². The predicted molar refractivity (Wildman–Crippen MR) is 57.7 cm³/mol. The van der Waals surface area contributed by atoms with E-state index < -0.39 is 45.9 Å². The molecule has 2 atom stereocenters. The summed E-state index contributed by atoms with van der Waals surface area (Å²) in [4.78, 5) is 20.5. The van der Waals surface area contributed by atoms with Gasteiger partial charge in [-0.25, -0.2) is 9.18 Å². The van der Waals surface area contributed by atoms with E-state index in [4.69, 9.17) is 5.11 Å². The van der Waals surface area contributed by atoms with Crippen LogP contribution in [0.25, 0.3) is 0 Å². The summed E-state index contributed by atoms with van der Waals surface area (Å²) >= 11 is 0. The highest BCUT2D eigenvalue weighted by molar-refractivity contribution is 5.75. The highest BCUT2D eigenvalue weighted by Gasteiger charge is 2.30. The number of hydrogen-bond acceptors (Lipinski definition) is 7. The lowest BCUT2D eigenvalue weighted by atomic mass is 10.0. The number of nitrogens with zero attached hydrogens (tertiary/aromatic N) is 1. The molecule has 0 saturated heterocycles. The number of nitro benzene ring substituents is 1. The number of rotatable bonds is 4. The maximum absolute atomic E-state index is 13.2. The van der Waals surface area contributed by atoms with E-state index in [1.807, 2.05) is 0 Å². The smallest absolute Gasteiger partial charge is 0.337 e. The molecule has 8 nitrogen and oxygen atoms in total. The molecule has 0 amide bonds. The van der Waals surface area contributed by atoms with Crippen LogP contribution in [0.5, 0.6) is 5.75 Å². The van der Waals surface area contributed by atoms with E-state index in [1.54, 1.807) is 0 Å². The molecule has 0 aliphatic rings. The molecule has 1 rings (SSSR count). The maximum Gasteiger partial charge on any atom is 0.337 e. The largest absolute Gasteiger partial charge is 0.500 e. The van der Waals surface area contributed by atoms with Crippen molar-refractivity contribution in [3.8, 4) is 5.75 Å². The Morgan fingerprint density at radius 2 is 2.05 bits per heavy atom.